The van der Waals surface area contributed by atoms with Gasteiger partial charge in [-0.1, -0.05) is 12.1 Å². The Hall–Kier alpha value is -3.35. The topological polar surface area (TPSA) is 87.7 Å². The van der Waals surface area contributed by atoms with E-state index in [2.05, 4.69) is 27.5 Å². The second-order valence-electron chi connectivity index (χ2n) is 6.44. The van der Waals surface area contributed by atoms with Crippen LogP contribution in [0.3, 0.4) is 0 Å². The molecule has 148 valence electrons. The molecule has 2 rings (SSSR count). The van der Waals surface area contributed by atoms with Crippen molar-refractivity contribution in [1.82, 2.24) is 5.32 Å². The molecule has 7 heteroatoms. The molecule has 0 radical (unpaired) electrons. The van der Waals surface area contributed by atoms with Crippen LogP contribution in [-0.2, 0) is 20.7 Å². The first-order chi connectivity index (χ1) is 13.4. The van der Waals surface area contributed by atoms with E-state index in [0.717, 1.165) is 18.5 Å². The number of hydrogen-bond donors (Lipinski definition) is 2. The van der Waals surface area contributed by atoms with Gasteiger partial charge in [-0.15, -0.1) is 0 Å². The smallest absolute Gasteiger partial charge is 0.337 e. The third kappa shape index (κ3) is 6.12. The molecule has 2 aromatic carbocycles. The third-order valence-corrected chi connectivity index (χ3v) is 4.15. The maximum atomic E-state index is 11.9. The molecular formula is C21H25N3O4. The van der Waals surface area contributed by atoms with Gasteiger partial charge in [0.25, 0.3) is 0 Å². The van der Waals surface area contributed by atoms with Crippen molar-refractivity contribution in [3.63, 3.8) is 0 Å². The molecule has 0 atom stereocenters. The molecule has 7 nitrogen and oxygen atoms in total. The summed E-state index contributed by atoms with van der Waals surface area (Å²) in [7, 11) is 5.27. The number of anilines is 2. The van der Waals surface area contributed by atoms with Crippen molar-refractivity contribution in [2.75, 3.05) is 38.0 Å². The lowest BCUT2D eigenvalue weighted by Gasteiger charge is -2.12. The van der Waals surface area contributed by atoms with Gasteiger partial charge in [-0.3, -0.25) is 9.59 Å². The summed E-state index contributed by atoms with van der Waals surface area (Å²) >= 11 is 0. The average molecular weight is 383 g/mol. The second-order valence-corrected chi connectivity index (χ2v) is 6.44. The third-order valence-electron chi connectivity index (χ3n) is 4.15. The van der Waals surface area contributed by atoms with E-state index < -0.39 is 17.8 Å². The highest BCUT2D eigenvalue weighted by atomic mass is 16.5. The van der Waals surface area contributed by atoms with Crippen LogP contribution in [0.5, 0.6) is 0 Å². The maximum absolute atomic E-state index is 11.9. The van der Waals surface area contributed by atoms with E-state index in [1.165, 1.54) is 36.9 Å². The second kappa shape index (κ2) is 10.1. The van der Waals surface area contributed by atoms with E-state index in [9.17, 15) is 14.4 Å². The van der Waals surface area contributed by atoms with Crippen LogP contribution >= 0.6 is 0 Å². The van der Waals surface area contributed by atoms with Crippen LogP contribution < -0.4 is 15.5 Å². The predicted molar refractivity (Wildman–Crippen MR) is 109 cm³/mol. The molecule has 0 aliphatic carbocycles. The zero-order valence-corrected chi connectivity index (χ0v) is 16.3. The zero-order valence-electron chi connectivity index (χ0n) is 16.3. The Morgan fingerprint density at radius 2 is 1.57 bits per heavy atom. The Morgan fingerprint density at radius 1 is 0.929 bits per heavy atom. The van der Waals surface area contributed by atoms with Gasteiger partial charge in [0.1, 0.15) is 0 Å². The first-order valence-electron chi connectivity index (χ1n) is 8.94. The van der Waals surface area contributed by atoms with E-state index in [4.69, 9.17) is 0 Å². The summed E-state index contributed by atoms with van der Waals surface area (Å²) in [5.74, 6) is -1.91. The summed E-state index contributed by atoms with van der Waals surface area (Å²) in [5, 5.41) is 5.10. The number of amides is 2. The van der Waals surface area contributed by atoms with Crippen LogP contribution in [0.1, 0.15) is 22.3 Å². The fourth-order valence-corrected chi connectivity index (χ4v) is 2.53. The Kier molecular flexibility index (Phi) is 7.56. The van der Waals surface area contributed by atoms with Crippen molar-refractivity contribution in [2.24, 2.45) is 0 Å². The molecule has 0 fully saturated rings. The van der Waals surface area contributed by atoms with Gasteiger partial charge >= 0.3 is 17.8 Å². The van der Waals surface area contributed by atoms with Crippen molar-refractivity contribution in [3.05, 3.63) is 59.7 Å². The molecule has 0 bridgehead atoms. The Morgan fingerprint density at radius 3 is 2.14 bits per heavy atom. The first-order valence-corrected chi connectivity index (χ1v) is 8.94. The number of nitrogens with zero attached hydrogens (tertiary/aromatic N) is 1. The number of hydrogen-bond acceptors (Lipinski definition) is 5. The zero-order chi connectivity index (χ0) is 20.5. The van der Waals surface area contributed by atoms with Gasteiger partial charge in [0.05, 0.1) is 12.7 Å². The molecule has 2 amide bonds. The highest BCUT2D eigenvalue weighted by Crippen LogP contribution is 2.13. The van der Waals surface area contributed by atoms with Crippen LogP contribution in [0.4, 0.5) is 11.4 Å². The van der Waals surface area contributed by atoms with E-state index in [1.807, 2.05) is 31.1 Å². The van der Waals surface area contributed by atoms with Crippen molar-refractivity contribution < 1.29 is 19.1 Å². The number of aryl methyl sites for hydroxylation is 1. The molecule has 0 saturated heterocycles. The van der Waals surface area contributed by atoms with Crippen molar-refractivity contribution in [3.8, 4) is 0 Å². The number of esters is 1. The normalized spacial score (nSPS) is 10.1. The molecule has 0 heterocycles. The lowest BCUT2D eigenvalue weighted by atomic mass is 10.1. The van der Waals surface area contributed by atoms with Crippen LogP contribution in [-0.4, -0.2) is 45.5 Å². The van der Waals surface area contributed by atoms with Crippen LogP contribution in [0.15, 0.2) is 48.5 Å². The summed E-state index contributed by atoms with van der Waals surface area (Å²) in [6.45, 7) is 0.406. The minimum Gasteiger partial charge on any atom is -0.465 e. The molecular weight excluding hydrogens is 358 g/mol. The lowest BCUT2D eigenvalue weighted by Crippen LogP contribution is -2.36. The SMILES string of the molecule is COC(=O)c1ccc(NC(=O)C(=O)NCCCc2ccc(N(C)C)cc2)cc1. The van der Waals surface area contributed by atoms with Gasteiger partial charge in [0, 0.05) is 32.0 Å². The van der Waals surface area contributed by atoms with Gasteiger partial charge in [-0.2, -0.15) is 0 Å². The van der Waals surface area contributed by atoms with Crippen LogP contribution in [0.25, 0.3) is 0 Å². The fraction of sp³-hybridized carbons (Fsp3) is 0.286. The fourth-order valence-electron chi connectivity index (χ4n) is 2.53. The number of carbonyl (C=O) groups excluding carboxylic acids is 3. The minimum absolute atomic E-state index is 0.364. The lowest BCUT2D eigenvalue weighted by molar-refractivity contribution is -0.136. The van der Waals surface area contributed by atoms with Gasteiger partial charge in [0.15, 0.2) is 0 Å². The van der Waals surface area contributed by atoms with Crippen LogP contribution in [0.2, 0.25) is 0 Å². The number of carbonyl (C=O) groups is 3. The van der Waals surface area contributed by atoms with E-state index in [0.29, 0.717) is 17.8 Å². The quantitative estimate of drug-likeness (QED) is 0.435. The van der Waals surface area contributed by atoms with Crippen LogP contribution in [0, 0.1) is 0 Å². The molecule has 2 N–H and O–H groups in total. The Labute approximate surface area is 164 Å². The number of nitrogens with one attached hydrogen (secondary N) is 2. The number of rotatable bonds is 7. The summed E-state index contributed by atoms with van der Waals surface area (Å²) in [6, 6.07) is 14.3. The maximum Gasteiger partial charge on any atom is 0.337 e. The number of ether oxygens (including phenoxy) is 1. The highest BCUT2D eigenvalue weighted by molar-refractivity contribution is 6.39. The number of methoxy groups -OCH3 is 1. The molecule has 0 aliphatic rings. The molecule has 0 unspecified atom stereocenters. The van der Waals surface area contributed by atoms with Crippen molar-refractivity contribution in [1.29, 1.82) is 0 Å². The summed E-state index contributed by atoms with van der Waals surface area (Å²) in [6.07, 6.45) is 1.54. The molecule has 0 aromatic heterocycles. The molecule has 0 aliphatic heterocycles. The minimum atomic E-state index is -0.749. The van der Waals surface area contributed by atoms with E-state index in [-0.39, 0.29) is 0 Å². The summed E-state index contributed by atoms with van der Waals surface area (Å²) < 4.78 is 4.61. The van der Waals surface area contributed by atoms with Gasteiger partial charge in [0.2, 0.25) is 0 Å². The molecule has 28 heavy (non-hydrogen) atoms. The van der Waals surface area contributed by atoms with E-state index in [1.54, 1.807) is 0 Å². The summed E-state index contributed by atoms with van der Waals surface area (Å²) in [4.78, 5) is 37.2. The standard InChI is InChI=1S/C21H25N3O4/c1-24(2)18-12-6-15(7-13-18)5-4-14-22-19(25)20(26)23-17-10-8-16(9-11-17)21(27)28-3/h6-13H,4-5,14H2,1-3H3,(H,22,25)(H,23,26). The van der Waals surface area contributed by atoms with Gasteiger partial charge in [-0.25, -0.2) is 4.79 Å². The molecule has 2 aromatic rings. The number of benzene rings is 2. The monoisotopic (exact) mass is 383 g/mol. The average Bonchev–Trinajstić information content (AvgIpc) is 2.71. The van der Waals surface area contributed by atoms with Crippen molar-refractivity contribution in [2.45, 2.75) is 12.8 Å². The van der Waals surface area contributed by atoms with E-state index >= 15 is 0 Å². The van der Waals surface area contributed by atoms with Crippen molar-refractivity contribution >= 4 is 29.2 Å². The Balaban J connectivity index is 1.73. The summed E-state index contributed by atoms with van der Waals surface area (Å²) in [5.41, 5.74) is 3.10. The Bertz CT molecular complexity index is 815. The highest BCUT2D eigenvalue weighted by Gasteiger charge is 2.13. The molecule has 0 spiro atoms. The van der Waals surface area contributed by atoms with Gasteiger partial charge in [-0.05, 0) is 54.8 Å². The predicted octanol–water partition coefficient (Wildman–Crippen LogP) is 2.23. The largest absolute Gasteiger partial charge is 0.465 e. The molecule has 0 saturated carbocycles. The van der Waals surface area contributed by atoms with Gasteiger partial charge < -0.3 is 20.3 Å². The first kappa shape index (κ1) is 21.0.